The van der Waals surface area contributed by atoms with Crippen molar-refractivity contribution in [3.63, 3.8) is 0 Å². The molecule has 0 aliphatic rings. The molecule has 9 heavy (non-hydrogen) atoms. The van der Waals surface area contributed by atoms with Crippen LogP contribution in [-0.4, -0.2) is 12.1 Å². The van der Waals surface area contributed by atoms with Gasteiger partial charge in [-0.25, -0.2) is 0 Å². The Labute approximate surface area is 65.3 Å². The summed E-state index contributed by atoms with van der Waals surface area (Å²) in [4.78, 5) is 0. The van der Waals surface area contributed by atoms with Crippen LogP contribution in [0.15, 0.2) is 6.99 Å². The van der Waals surface area contributed by atoms with Gasteiger partial charge in [0.1, 0.15) is 0 Å². The van der Waals surface area contributed by atoms with Gasteiger partial charge >= 0.3 is 65.0 Å². The van der Waals surface area contributed by atoms with Crippen molar-refractivity contribution >= 4 is 0 Å². The summed E-state index contributed by atoms with van der Waals surface area (Å²) in [6.07, 6.45) is 0. The molecule has 0 aromatic carbocycles. The third-order valence-electron chi connectivity index (χ3n) is 0.516. The van der Waals surface area contributed by atoms with Crippen LogP contribution >= 0.6 is 0 Å². The zero-order chi connectivity index (χ0) is 7.28. The van der Waals surface area contributed by atoms with E-state index < -0.39 is 18.2 Å². The van der Waals surface area contributed by atoms with Crippen molar-refractivity contribution in [3.8, 4) is 0 Å². The van der Waals surface area contributed by atoms with E-state index in [-0.39, 0.29) is 0 Å². The van der Waals surface area contributed by atoms with Crippen LogP contribution in [0.2, 0.25) is 0 Å². The van der Waals surface area contributed by atoms with Crippen molar-refractivity contribution in [2.75, 3.05) is 0 Å². The van der Waals surface area contributed by atoms with Crippen molar-refractivity contribution in [2.24, 2.45) is 6.99 Å². The molecule has 3 heteroatoms. The molecule has 0 aromatic heterocycles. The maximum absolute atomic E-state index is 4.36. The molecule has 2 nitrogen and oxygen atoms in total. The minimum absolute atomic E-state index is 0.498. The Kier molecular flexibility index (Phi) is 5.27. The normalized spacial score (nSPS) is 10.0. The van der Waals surface area contributed by atoms with Crippen LogP contribution in [0.5, 0.6) is 0 Å². The molecule has 0 amide bonds. The average molecular weight is 298 g/mol. The Morgan fingerprint density at radius 3 is 1.44 bits per heavy atom. The van der Waals surface area contributed by atoms with E-state index in [1.807, 2.05) is 0 Å². The number of hydrogen-bond donors (Lipinski definition) is 0. The van der Waals surface area contributed by atoms with Gasteiger partial charge in [-0.1, -0.05) is 0 Å². The van der Waals surface area contributed by atoms with Gasteiger partial charge in [-0.2, -0.15) is 0 Å². The second-order valence-electron chi connectivity index (χ2n) is 2.48. The van der Waals surface area contributed by atoms with Gasteiger partial charge in [-0.3, -0.25) is 0 Å². The van der Waals surface area contributed by atoms with Crippen LogP contribution in [0.1, 0.15) is 27.7 Å². The van der Waals surface area contributed by atoms with Gasteiger partial charge < -0.3 is 0 Å². The van der Waals surface area contributed by atoms with Gasteiger partial charge in [0.15, 0.2) is 0 Å². The summed E-state index contributed by atoms with van der Waals surface area (Å²) < 4.78 is 8.73. The quantitative estimate of drug-likeness (QED) is 0.747. The fourth-order valence-electron chi connectivity index (χ4n) is 0.216. The van der Waals surface area contributed by atoms with Crippen LogP contribution < -0.4 is 0 Å². The van der Waals surface area contributed by atoms with E-state index in [2.05, 4.69) is 34.7 Å². The summed E-state index contributed by atoms with van der Waals surface area (Å²) >= 11 is -0.653. The van der Waals surface area contributed by atoms with E-state index in [0.717, 1.165) is 0 Å². The Morgan fingerprint density at radius 1 is 0.889 bits per heavy atom. The molecule has 0 aromatic rings. The molecule has 0 aliphatic heterocycles. The predicted octanol–water partition coefficient (Wildman–Crippen LogP) is 2.25. The van der Waals surface area contributed by atoms with Crippen molar-refractivity contribution < 1.29 is 18.2 Å². The molecule has 0 saturated carbocycles. The van der Waals surface area contributed by atoms with E-state index in [1.165, 1.54) is 0 Å². The summed E-state index contributed by atoms with van der Waals surface area (Å²) in [7, 11) is 0. The molecule has 0 aliphatic carbocycles. The average Bonchev–Trinajstić information content (AvgIpc) is 1.63. The Hall–Kier alpha value is 0.288. The van der Waals surface area contributed by atoms with Crippen LogP contribution in [-0.2, 0) is 18.2 Å². The first kappa shape index (κ1) is 9.29. The van der Waals surface area contributed by atoms with E-state index in [0.29, 0.717) is 12.1 Å². The van der Waals surface area contributed by atoms with Crippen LogP contribution in [0.25, 0.3) is 0 Å². The SMILES string of the molecule is CC(C)[N]=[W]=[N]C(C)C. The zero-order valence-corrected chi connectivity index (χ0v) is 9.39. The standard InChI is InChI=1S/2C3H7N.W/c2*1-3(2)4;/h2*3H,1-2H3;. The van der Waals surface area contributed by atoms with Crippen molar-refractivity contribution in [2.45, 2.75) is 39.8 Å². The molecule has 0 unspecified atom stereocenters. The molecular formula is C6H14N2W. The van der Waals surface area contributed by atoms with Crippen molar-refractivity contribution in [3.05, 3.63) is 0 Å². The molecule has 0 saturated heterocycles. The second-order valence-corrected chi connectivity index (χ2v) is 4.58. The summed E-state index contributed by atoms with van der Waals surface area (Å²) in [5.74, 6) is 0. The zero-order valence-electron chi connectivity index (χ0n) is 6.46. The Morgan fingerprint density at radius 2 is 1.22 bits per heavy atom. The van der Waals surface area contributed by atoms with E-state index in [1.54, 1.807) is 0 Å². The van der Waals surface area contributed by atoms with Crippen LogP contribution in [0.4, 0.5) is 0 Å². The summed E-state index contributed by atoms with van der Waals surface area (Å²) in [5.41, 5.74) is 0. The molecule has 0 bridgehead atoms. The van der Waals surface area contributed by atoms with E-state index in [4.69, 9.17) is 0 Å². The Balaban J connectivity index is 3.67. The molecule has 0 N–H and O–H groups in total. The number of rotatable bonds is 2. The van der Waals surface area contributed by atoms with Crippen molar-refractivity contribution in [1.82, 2.24) is 0 Å². The first-order valence-electron chi connectivity index (χ1n) is 3.19. The predicted molar refractivity (Wildman–Crippen MR) is 35.1 cm³/mol. The van der Waals surface area contributed by atoms with Gasteiger partial charge in [0.2, 0.25) is 0 Å². The topological polar surface area (TPSA) is 24.7 Å². The molecule has 0 fully saturated rings. The Bertz CT molecular complexity index is 111. The monoisotopic (exact) mass is 298 g/mol. The van der Waals surface area contributed by atoms with Gasteiger partial charge in [-0.15, -0.1) is 0 Å². The van der Waals surface area contributed by atoms with Gasteiger partial charge in [0.25, 0.3) is 0 Å². The minimum atomic E-state index is -0.653. The first-order valence-corrected chi connectivity index (χ1v) is 5.81. The molecule has 0 heterocycles. The maximum atomic E-state index is 4.36. The summed E-state index contributed by atoms with van der Waals surface area (Å²) in [5, 5.41) is 0. The molecule has 0 rings (SSSR count). The summed E-state index contributed by atoms with van der Waals surface area (Å²) in [6, 6.07) is 0.995. The first-order chi connectivity index (χ1) is 4.13. The van der Waals surface area contributed by atoms with Gasteiger partial charge in [0.05, 0.1) is 0 Å². The molecule has 0 spiro atoms. The van der Waals surface area contributed by atoms with E-state index in [9.17, 15) is 0 Å². The fourth-order valence-corrected chi connectivity index (χ4v) is 1.77. The molecule has 0 atom stereocenters. The molecule has 54 valence electrons. The van der Waals surface area contributed by atoms with Crippen molar-refractivity contribution in [1.29, 1.82) is 0 Å². The number of nitrogens with zero attached hydrogens (tertiary/aromatic N) is 2. The van der Waals surface area contributed by atoms with Gasteiger partial charge in [-0.05, 0) is 0 Å². The third-order valence-corrected chi connectivity index (χ3v) is 4.22. The second kappa shape index (κ2) is 5.10. The fraction of sp³-hybridized carbons (Fsp3) is 1.00. The third kappa shape index (κ3) is 8.29. The van der Waals surface area contributed by atoms with Gasteiger partial charge in [0, 0.05) is 0 Å². The van der Waals surface area contributed by atoms with E-state index >= 15 is 0 Å². The summed E-state index contributed by atoms with van der Waals surface area (Å²) in [6.45, 7) is 8.43. The number of hydrogen-bond acceptors (Lipinski definition) is 2. The van der Waals surface area contributed by atoms with Crippen LogP contribution in [0.3, 0.4) is 0 Å². The molecule has 0 radical (unpaired) electrons. The van der Waals surface area contributed by atoms with Crippen LogP contribution in [0, 0.1) is 0 Å². The molecular weight excluding hydrogens is 284 g/mol.